The van der Waals surface area contributed by atoms with Gasteiger partial charge in [0.25, 0.3) is 11.1 Å². The molecule has 5 aromatic rings. The van der Waals surface area contributed by atoms with E-state index in [1.165, 1.54) is 21.3 Å². The number of pyridine rings is 1. The number of halogens is 1. The summed E-state index contributed by atoms with van der Waals surface area (Å²) in [5.74, 6) is -0.977. The van der Waals surface area contributed by atoms with E-state index in [1.54, 1.807) is 49.8 Å². The topological polar surface area (TPSA) is 134 Å². The summed E-state index contributed by atoms with van der Waals surface area (Å²) in [5, 5.41) is 17.2. The lowest BCUT2D eigenvalue weighted by atomic mass is 9.86. The van der Waals surface area contributed by atoms with Crippen LogP contribution in [-0.2, 0) is 28.6 Å². The largest absolute Gasteiger partial charge is 0.392 e. The summed E-state index contributed by atoms with van der Waals surface area (Å²) < 4.78 is 23.6. The summed E-state index contributed by atoms with van der Waals surface area (Å²) in [6.45, 7) is 15.2. The number of carbonyl (C=O) groups excluding carboxylic acids is 1. The number of aliphatic hydroxyl groups excluding tert-OH is 1. The van der Waals surface area contributed by atoms with Gasteiger partial charge in [0.05, 0.1) is 54.0 Å². The van der Waals surface area contributed by atoms with Gasteiger partial charge in [-0.2, -0.15) is 0 Å². The Morgan fingerprint density at radius 1 is 1.07 bits per heavy atom. The fourth-order valence-corrected chi connectivity index (χ4v) is 7.37. The van der Waals surface area contributed by atoms with Crippen molar-refractivity contribution in [2.24, 2.45) is 7.05 Å². The van der Waals surface area contributed by atoms with Crippen molar-refractivity contribution in [3.63, 3.8) is 0 Å². The van der Waals surface area contributed by atoms with Gasteiger partial charge in [0, 0.05) is 61.9 Å². The molecule has 0 bridgehead atoms. The van der Waals surface area contributed by atoms with Crippen LogP contribution in [0.3, 0.4) is 0 Å². The van der Waals surface area contributed by atoms with Crippen molar-refractivity contribution in [1.82, 2.24) is 19.0 Å². The Morgan fingerprint density at radius 2 is 1.85 bits per heavy atom. The van der Waals surface area contributed by atoms with Crippen LogP contribution < -0.4 is 26.7 Å². The Bertz CT molecular complexity index is 2430. The number of rotatable bonds is 9. The molecule has 2 aliphatic rings. The van der Waals surface area contributed by atoms with E-state index in [0.717, 1.165) is 44.1 Å². The van der Waals surface area contributed by atoms with E-state index in [0.29, 0.717) is 45.3 Å². The first-order valence-corrected chi connectivity index (χ1v) is 18.4. The third-order valence-electron chi connectivity index (χ3n) is 10.5. The zero-order valence-electron chi connectivity index (χ0n) is 31.7. The van der Waals surface area contributed by atoms with E-state index < -0.39 is 23.5 Å². The number of piperazine rings is 1. The number of aliphatic hydroxyl groups is 1. The minimum absolute atomic E-state index is 0.00679. The third-order valence-corrected chi connectivity index (χ3v) is 10.5. The quantitative estimate of drug-likeness (QED) is 0.168. The van der Waals surface area contributed by atoms with Crippen LogP contribution in [0.15, 0.2) is 89.2 Å². The highest BCUT2D eigenvalue weighted by atomic mass is 19.1. The van der Waals surface area contributed by atoms with Crippen molar-refractivity contribution in [3.8, 4) is 16.9 Å². The number of aryl methyl sites for hydroxylation is 1. The molecule has 1 atom stereocenters. The first-order valence-electron chi connectivity index (χ1n) is 18.4. The van der Waals surface area contributed by atoms with Gasteiger partial charge in [-0.25, -0.2) is 9.37 Å². The van der Waals surface area contributed by atoms with Gasteiger partial charge in [0.1, 0.15) is 5.82 Å². The van der Waals surface area contributed by atoms with Crippen LogP contribution in [0.2, 0.25) is 0 Å². The normalized spacial score (nSPS) is 16.6. The molecule has 3 N–H and O–H groups in total. The number of nitrogens with one attached hydrogen (secondary N) is 2. The van der Waals surface area contributed by atoms with Crippen molar-refractivity contribution in [2.75, 3.05) is 48.4 Å². The smallest absolute Gasteiger partial charge is 0.293 e. The van der Waals surface area contributed by atoms with E-state index in [-0.39, 0.29) is 28.6 Å². The Labute approximate surface area is 318 Å². The average molecular weight is 748 g/mol. The van der Waals surface area contributed by atoms with Crippen LogP contribution in [0.25, 0.3) is 27.7 Å². The highest BCUT2D eigenvalue weighted by molar-refractivity contribution is 6.02. The molecule has 1 unspecified atom stereocenters. The SMILES string of the molecule is C=CC(=O)Nc1cc(Nc2nc(-c3cccc(-n4ccc5cc(C(C)(C)C)cc(F)c5c4=O)c3CO)cn(C)c2=O)ccc1N1CCN(C2COC2)CC1C. The number of benzene rings is 3. The van der Waals surface area contributed by atoms with E-state index >= 15 is 4.39 Å². The highest BCUT2D eigenvalue weighted by Crippen LogP contribution is 2.34. The van der Waals surface area contributed by atoms with E-state index in [9.17, 15) is 19.5 Å². The molecule has 12 nitrogen and oxygen atoms in total. The summed E-state index contributed by atoms with van der Waals surface area (Å²) in [4.78, 5) is 49.3. The first kappa shape index (κ1) is 37.7. The molecule has 0 saturated carbocycles. The van der Waals surface area contributed by atoms with Gasteiger partial charge in [-0.05, 0) is 65.8 Å². The fourth-order valence-electron chi connectivity index (χ4n) is 7.37. The van der Waals surface area contributed by atoms with Crippen molar-refractivity contribution < 1.29 is 19.0 Å². The van der Waals surface area contributed by atoms with Gasteiger partial charge in [0.15, 0.2) is 5.82 Å². The predicted molar refractivity (Wildman–Crippen MR) is 214 cm³/mol. The maximum Gasteiger partial charge on any atom is 0.293 e. The van der Waals surface area contributed by atoms with Gasteiger partial charge >= 0.3 is 0 Å². The van der Waals surface area contributed by atoms with Crippen molar-refractivity contribution in [3.05, 3.63) is 117 Å². The summed E-state index contributed by atoms with van der Waals surface area (Å²) >= 11 is 0. The summed E-state index contributed by atoms with van der Waals surface area (Å²) in [6, 6.07) is 16.2. The molecule has 13 heteroatoms. The molecule has 2 saturated heterocycles. The number of aromatic nitrogens is 3. The molecular formula is C42H46FN7O5. The van der Waals surface area contributed by atoms with Gasteiger partial charge < -0.3 is 29.9 Å². The fraction of sp³-hybridized carbons (Fsp3) is 0.333. The van der Waals surface area contributed by atoms with Crippen LogP contribution in [0.4, 0.5) is 27.3 Å². The second-order valence-electron chi connectivity index (χ2n) is 15.3. The number of amides is 1. The van der Waals surface area contributed by atoms with Gasteiger partial charge in [-0.3, -0.25) is 23.9 Å². The molecule has 3 aromatic carbocycles. The van der Waals surface area contributed by atoms with Crippen molar-refractivity contribution in [1.29, 1.82) is 0 Å². The maximum absolute atomic E-state index is 15.5. The zero-order chi connectivity index (χ0) is 39.2. The molecule has 2 aliphatic heterocycles. The Morgan fingerprint density at radius 3 is 2.53 bits per heavy atom. The molecule has 286 valence electrons. The first-order chi connectivity index (χ1) is 26.3. The van der Waals surface area contributed by atoms with Gasteiger partial charge in [-0.1, -0.05) is 45.5 Å². The number of anilines is 4. The highest BCUT2D eigenvalue weighted by Gasteiger charge is 2.33. The number of hydrogen-bond donors (Lipinski definition) is 3. The molecule has 1 amide bonds. The van der Waals surface area contributed by atoms with Crippen LogP contribution >= 0.6 is 0 Å². The molecule has 0 radical (unpaired) electrons. The van der Waals surface area contributed by atoms with Gasteiger partial charge in [0.2, 0.25) is 5.91 Å². The minimum atomic E-state index is -0.615. The number of carbonyl (C=O) groups is 1. The second kappa shape index (κ2) is 14.9. The van der Waals surface area contributed by atoms with E-state index in [4.69, 9.17) is 9.72 Å². The number of ether oxygens (including phenoxy) is 1. The lowest BCUT2D eigenvalue weighted by Gasteiger charge is -2.46. The lowest BCUT2D eigenvalue weighted by molar-refractivity contribution is -0.111. The average Bonchev–Trinajstić information content (AvgIpc) is 3.12. The van der Waals surface area contributed by atoms with Crippen molar-refractivity contribution >= 4 is 39.6 Å². The molecule has 2 fully saturated rings. The minimum Gasteiger partial charge on any atom is -0.392 e. The van der Waals surface area contributed by atoms with Crippen LogP contribution in [0, 0.1) is 5.82 Å². The number of nitrogens with zero attached hydrogens (tertiary/aromatic N) is 5. The third kappa shape index (κ3) is 7.30. The standard InChI is InChI=1S/C42H46FN7O5/c1-7-37(52)45-33-19-28(11-12-36(33)49-16-15-48(20-25(49)2)29-23-55-24-29)44-39-41(54)47(6)21-34(46-39)30-9-8-10-35(31(30)22-51)50-14-13-26-17-27(42(3,4)5)18-32(43)38(26)40(50)53/h7-14,17-19,21,25,29,51H,1,15-16,20,22-24H2,2-6H3,(H,44,46)(H,45,52). The predicted octanol–water partition coefficient (Wildman–Crippen LogP) is 5.46. The van der Waals surface area contributed by atoms with Crippen LogP contribution in [0.1, 0.15) is 38.8 Å². The van der Waals surface area contributed by atoms with Crippen LogP contribution in [0.5, 0.6) is 0 Å². The Balaban J connectivity index is 1.23. The second-order valence-corrected chi connectivity index (χ2v) is 15.3. The molecule has 55 heavy (non-hydrogen) atoms. The number of fused-ring (bicyclic) bond motifs is 1. The Hall–Kier alpha value is -5.63. The lowest BCUT2D eigenvalue weighted by Crippen LogP contribution is -2.59. The summed E-state index contributed by atoms with van der Waals surface area (Å²) in [5.41, 5.74) is 2.94. The molecule has 4 heterocycles. The van der Waals surface area contributed by atoms with E-state index in [1.807, 2.05) is 39.0 Å². The molecule has 2 aromatic heterocycles. The van der Waals surface area contributed by atoms with Crippen molar-refractivity contribution in [2.45, 2.75) is 51.8 Å². The molecular weight excluding hydrogens is 702 g/mol. The maximum atomic E-state index is 15.5. The Kier molecular flexibility index (Phi) is 10.2. The van der Waals surface area contributed by atoms with Gasteiger partial charge in [-0.15, -0.1) is 0 Å². The molecule has 0 aliphatic carbocycles. The van der Waals surface area contributed by atoms with E-state index in [2.05, 4.69) is 33.9 Å². The zero-order valence-corrected chi connectivity index (χ0v) is 31.7. The number of hydrogen-bond acceptors (Lipinski definition) is 9. The molecule has 7 rings (SSSR count). The monoisotopic (exact) mass is 747 g/mol. The summed E-state index contributed by atoms with van der Waals surface area (Å²) in [6.07, 6.45) is 4.34. The van der Waals surface area contributed by atoms with Crippen LogP contribution in [-0.4, -0.2) is 75.0 Å². The molecule has 0 spiro atoms. The summed E-state index contributed by atoms with van der Waals surface area (Å²) in [7, 11) is 1.60.